The van der Waals surface area contributed by atoms with Crippen LogP contribution in [0, 0.1) is 6.92 Å². The predicted molar refractivity (Wildman–Crippen MR) is 73.3 cm³/mol. The van der Waals surface area contributed by atoms with Gasteiger partial charge in [0.2, 0.25) is 0 Å². The van der Waals surface area contributed by atoms with E-state index in [1.807, 2.05) is 24.3 Å². The van der Waals surface area contributed by atoms with E-state index in [1.54, 1.807) is 17.8 Å². The summed E-state index contributed by atoms with van der Waals surface area (Å²) in [4.78, 5) is 1.28. The maximum atomic E-state index is 9.34. The maximum Gasteiger partial charge on any atom is 0.138 e. The molecule has 0 atom stereocenters. The van der Waals surface area contributed by atoms with Crippen molar-refractivity contribution in [1.82, 2.24) is 0 Å². The molecular weight excluding hydrogens is 230 g/mol. The average Bonchev–Trinajstić information content (AvgIpc) is 2.32. The summed E-state index contributed by atoms with van der Waals surface area (Å²) >= 11 is 1.78. The largest absolute Gasteiger partial charge is 0.506 e. The number of nitrogens with two attached hydrogens (primary N) is 1. The minimum Gasteiger partial charge on any atom is -0.506 e. The van der Waals surface area contributed by atoms with Crippen LogP contribution in [0.4, 0.5) is 5.69 Å². The highest BCUT2D eigenvalue weighted by Gasteiger charge is 2.01. The van der Waals surface area contributed by atoms with Crippen LogP contribution in [-0.2, 0) is 5.75 Å². The number of phenols is 1. The molecular formula is C14H15NOS. The van der Waals surface area contributed by atoms with E-state index < -0.39 is 0 Å². The van der Waals surface area contributed by atoms with Gasteiger partial charge in [-0.3, -0.25) is 0 Å². The zero-order valence-electron chi connectivity index (χ0n) is 9.68. The van der Waals surface area contributed by atoms with Crippen molar-refractivity contribution in [3.05, 3.63) is 53.6 Å². The molecule has 2 rings (SSSR count). The van der Waals surface area contributed by atoms with Crippen molar-refractivity contribution in [1.29, 1.82) is 0 Å². The molecule has 3 N–H and O–H groups in total. The molecule has 2 aromatic carbocycles. The summed E-state index contributed by atoms with van der Waals surface area (Å²) < 4.78 is 0. The highest BCUT2D eigenvalue weighted by Crippen LogP contribution is 2.28. The fourth-order valence-corrected chi connectivity index (χ4v) is 2.55. The number of hydrogen-bond acceptors (Lipinski definition) is 3. The Morgan fingerprint density at radius 3 is 2.65 bits per heavy atom. The Kier molecular flexibility index (Phi) is 3.59. The van der Waals surface area contributed by atoms with E-state index in [9.17, 15) is 5.11 Å². The standard InChI is InChI=1S/C14H15NOS/c1-10-4-2-3-5-14(10)17-9-11-6-7-13(16)12(15)8-11/h2-8,16H,9,15H2,1H3. The molecule has 3 heteroatoms. The fourth-order valence-electron chi connectivity index (χ4n) is 1.57. The summed E-state index contributed by atoms with van der Waals surface area (Å²) in [6.07, 6.45) is 0. The highest BCUT2D eigenvalue weighted by atomic mass is 32.2. The first-order valence-corrected chi connectivity index (χ1v) is 6.41. The van der Waals surface area contributed by atoms with Gasteiger partial charge in [-0.15, -0.1) is 11.8 Å². The van der Waals surface area contributed by atoms with Crippen molar-refractivity contribution in [2.75, 3.05) is 5.73 Å². The third kappa shape index (κ3) is 2.94. The third-order valence-electron chi connectivity index (χ3n) is 2.58. The molecule has 0 saturated heterocycles. The molecule has 0 amide bonds. The summed E-state index contributed by atoms with van der Waals surface area (Å²) in [5.74, 6) is 1.00. The van der Waals surface area contributed by atoms with Crippen molar-refractivity contribution < 1.29 is 5.11 Å². The molecule has 0 spiro atoms. The summed E-state index contributed by atoms with van der Waals surface area (Å²) in [6.45, 7) is 2.10. The number of rotatable bonds is 3. The molecule has 0 heterocycles. The Labute approximate surface area is 105 Å². The molecule has 0 aliphatic heterocycles. The quantitative estimate of drug-likeness (QED) is 0.493. The normalized spacial score (nSPS) is 10.4. The predicted octanol–water partition coefficient (Wildman–Crippen LogP) is 3.58. The van der Waals surface area contributed by atoms with Gasteiger partial charge in [-0.05, 0) is 36.2 Å². The molecule has 0 aliphatic carbocycles. The van der Waals surface area contributed by atoms with Gasteiger partial charge in [-0.25, -0.2) is 0 Å². The lowest BCUT2D eigenvalue weighted by Crippen LogP contribution is -1.88. The van der Waals surface area contributed by atoms with Crippen LogP contribution in [0.2, 0.25) is 0 Å². The molecule has 2 nitrogen and oxygen atoms in total. The zero-order valence-corrected chi connectivity index (χ0v) is 10.5. The lowest BCUT2D eigenvalue weighted by Gasteiger charge is -2.06. The minimum atomic E-state index is 0.148. The van der Waals surface area contributed by atoms with Gasteiger partial charge in [0.05, 0.1) is 5.69 Å². The minimum absolute atomic E-state index is 0.148. The van der Waals surface area contributed by atoms with Crippen LogP contribution in [0.25, 0.3) is 0 Å². The maximum absolute atomic E-state index is 9.34. The van der Waals surface area contributed by atoms with E-state index in [4.69, 9.17) is 5.73 Å². The molecule has 0 aliphatic rings. The summed E-state index contributed by atoms with van der Waals surface area (Å²) in [5.41, 5.74) is 8.50. The Morgan fingerprint density at radius 1 is 1.18 bits per heavy atom. The smallest absolute Gasteiger partial charge is 0.138 e. The molecule has 2 aromatic rings. The van der Waals surface area contributed by atoms with Gasteiger partial charge in [-0.1, -0.05) is 24.3 Å². The van der Waals surface area contributed by atoms with Crippen molar-refractivity contribution >= 4 is 17.4 Å². The van der Waals surface area contributed by atoms with Crippen molar-refractivity contribution in [3.8, 4) is 5.75 Å². The fraction of sp³-hybridized carbons (Fsp3) is 0.143. The molecule has 88 valence electrons. The van der Waals surface area contributed by atoms with Crippen LogP contribution in [0.1, 0.15) is 11.1 Å². The number of phenolic OH excluding ortho intramolecular Hbond substituents is 1. The molecule has 0 radical (unpaired) electrons. The SMILES string of the molecule is Cc1ccccc1SCc1ccc(O)c(N)c1. The number of thioether (sulfide) groups is 1. The van der Waals surface area contributed by atoms with Crippen molar-refractivity contribution in [2.45, 2.75) is 17.6 Å². The lowest BCUT2D eigenvalue weighted by atomic mass is 10.2. The summed E-state index contributed by atoms with van der Waals surface area (Å²) in [7, 11) is 0. The van der Waals surface area contributed by atoms with Crippen LogP contribution in [0.5, 0.6) is 5.75 Å². The Morgan fingerprint density at radius 2 is 1.94 bits per heavy atom. The van der Waals surface area contributed by atoms with Crippen LogP contribution < -0.4 is 5.73 Å². The first-order chi connectivity index (χ1) is 8.16. The third-order valence-corrected chi connectivity index (χ3v) is 3.83. The Balaban J connectivity index is 2.08. The first kappa shape index (κ1) is 11.9. The van der Waals surface area contributed by atoms with E-state index in [1.165, 1.54) is 10.5 Å². The Hall–Kier alpha value is -1.61. The lowest BCUT2D eigenvalue weighted by molar-refractivity contribution is 0.478. The molecule has 0 aromatic heterocycles. The zero-order chi connectivity index (χ0) is 12.3. The highest BCUT2D eigenvalue weighted by molar-refractivity contribution is 7.98. The average molecular weight is 245 g/mol. The van der Waals surface area contributed by atoms with Crippen LogP contribution in [0.15, 0.2) is 47.4 Å². The van der Waals surface area contributed by atoms with E-state index in [-0.39, 0.29) is 5.75 Å². The molecule has 0 bridgehead atoms. The van der Waals surface area contributed by atoms with Gasteiger partial charge >= 0.3 is 0 Å². The van der Waals surface area contributed by atoms with Crippen LogP contribution in [-0.4, -0.2) is 5.11 Å². The van der Waals surface area contributed by atoms with Crippen LogP contribution in [0.3, 0.4) is 0 Å². The first-order valence-electron chi connectivity index (χ1n) is 5.42. The van der Waals surface area contributed by atoms with Gasteiger partial charge in [0.1, 0.15) is 5.75 Å². The van der Waals surface area contributed by atoms with E-state index >= 15 is 0 Å². The van der Waals surface area contributed by atoms with E-state index in [2.05, 4.69) is 19.1 Å². The van der Waals surface area contributed by atoms with Crippen molar-refractivity contribution in [2.24, 2.45) is 0 Å². The monoisotopic (exact) mass is 245 g/mol. The van der Waals surface area contributed by atoms with Gasteiger partial charge in [0.25, 0.3) is 0 Å². The number of aryl methyl sites for hydroxylation is 1. The van der Waals surface area contributed by atoms with Gasteiger partial charge < -0.3 is 10.8 Å². The number of hydrogen-bond donors (Lipinski definition) is 2. The topological polar surface area (TPSA) is 46.2 Å². The van der Waals surface area contributed by atoms with Gasteiger partial charge in [0.15, 0.2) is 0 Å². The van der Waals surface area contributed by atoms with Gasteiger partial charge in [-0.2, -0.15) is 0 Å². The second-order valence-corrected chi connectivity index (χ2v) is 4.96. The summed E-state index contributed by atoms with van der Waals surface area (Å²) in [5, 5.41) is 9.34. The number of aromatic hydroxyl groups is 1. The number of anilines is 1. The van der Waals surface area contributed by atoms with Crippen LogP contribution >= 0.6 is 11.8 Å². The Bertz CT molecular complexity index is 525. The number of benzene rings is 2. The molecule has 17 heavy (non-hydrogen) atoms. The van der Waals surface area contributed by atoms with E-state index in [0.717, 1.165) is 11.3 Å². The molecule has 0 unspecified atom stereocenters. The second kappa shape index (κ2) is 5.15. The van der Waals surface area contributed by atoms with E-state index in [0.29, 0.717) is 5.69 Å². The summed E-state index contributed by atoms with van der Waals surface area (Å²) in [6, 6.07) is 13.7. The second-order valence-electron chi connectivity index (χ2n) is 3.95. The molecule has 0 fully saturated rings. The molecule has 0 saturated carbocycles. The van der Waals surface area contributed by atoms with Gasteiger partial charge in [0, 0.05) is 10.6 Å². The van der Waals surface area contributed by atoms with Crippen molar-refractivity contribution in [3.63, 3.8) is 0 Å². The number of nitrogen functional groups attached to an aromatic ring is 1.